The number of carbonyl (C=O) groups is 1. The van der Waals surface area contributed by atoms with Crippen molar-refractivity contribution >= 4 is 18.5 Å². The lowest BCUT2D eigenvalue weighted by molar-refractivity contribution is -0.256. The monoisotopic (exact) mass is 373 g/mol. The number of halogens is 3. The highest BCUT2D eigenvalue weighted by Crippen LogP contribution is 2.40. The minimum Gasteiger partial charge on any atom is -0.399 e. The highest BCUT2D eigenvalue weighted by atomic mass is 19.4. The summed E-state index contributed by atoms with van der Waals surface area (Å²) < 4.78 is 52.3. The number of carbonyl (C=O) groups excluding carboxylic acids is 1. The zero-order valence-corrected chi connectivity index (χ0v) is 15.6. The number of hydrogen-bond donors (Lipinski definition) is 2. The van der Waals surface area contributed by atoms with E-state index < -0.39 is 41.6 Å². The molecule has 5 nitrogen and oxygen atoms in total. The summed E-state index contributed by atoms with van der Waals surface area (Å²) in [5.74, 6) is -1.56. The van der Waals surface area contributed by atoms with E-state index in [1.165, 1.54) is 6.07 Å². The van der Waals surface area contributed by atoms with Crippen molar-refractivity contribution in [2.45, 2.75) is 57.6 Å². The van der Waals surface area contributed by atoms with E-state index in [4.69, 9.17) is 9.31 Å². The number of benzene rings is 1. The maximum absolute atomic E-state index is 13.5. The molecule has 0 saturated carbocycles. The van der Waals surface area contributed by atoms with Gasteiger partial charge in [-0.25, -0.2) is 0 Å². The number of aliphatic hydroxyl groups is 1. The van der Waals surface area contributed by atoms with Crippen LogP contribution in [0.3, 0.4) is 0 Å². The van der Waals surface area contributed by atoms with Gasteiger partial charge in [0, 0.05) is 12.6 Å². The Morgan fingerprint density at radius 2 is 1.65 bits per heavy atom. The Balaban J connectivity index is 2.56. The van der Waals surface area contributed by atoms with Crippen LogP contribution in [-0.4, -0.2) is 42.6 Å². The minimum absolute atomic E-state index is 0.327. The maximum atomic E-state index is 13.5. The van der Waals surface area contributed by atoms with E-state index in [0.29, 0.717) is 11.0 Å². The molecule has 2 rings (SSSR count). The van der Waals surface area contributed by atoms with Crippen LogP contribution in [0.25, 0.3) is 0 Å². The molecular formula is C17H23BF3NO4. The van der Waals surface area contributed by atoms with Gasteiger partial charge in [0.25, 0.3) is 11.5 Å². The topological polar surface area (TPSA) is 67.8 Å². The Morgan fingerprint density at radius 1 is 1.15 bits per heavy atom. The molecule has 1 aromatic carbocycles. The van der Waals surface area contributed by atoms with E-state index in [9.17, 15) is 23.1 Å². The predicted octanol–water partition coefficient (Wildman–Crippen LogP) is 1.79. The maximum Gasteiger partial charge on any atom is 0.495 e. The van der Waals surface area contributed by atoms with Crippen LogP contribution in [0, 0.1) is 6.92 Å². The van der Waals surface area contributed by atoms with E-state index >= 15 is 0 Å². The summed E-state index contributed by atoms with van der Waals surface area (Å²) in [5.41, 5.74) is -4.68. The Kier molecular flexibility index (Phi) is 4.98. The van der Waals surface area contributed by atoms with Gasteiger partial charge in [0.15, 0.2) is 0 Å². The summed E-state index contributed by atoms with van der Waals surface area (Å²) in [6.07, 6.45) is -5.20. The number of likely N-dealkylation sites (N-methyl/N-ethyl adjacent to an activating group) is 1. The molecule has 1 atom stereocenters. The fraction of sp³-hybridized carbons (Fsp3) is 0.588. The average Bonchev–Trinajstić information content (AvgIpc) is 2.72. The SMILES string of the molecule is CNC(=O)C(O)(c1ccc(C)c(B2OC(C)(C)C(C)(C)O2)c1)C(F)(F)F. The molecule has 1 unspecified atom stereocenters. The van der Waals surface area contributed by atoms with Crippen molar-refractivity contribution in [3.05, 3.63) is 29.3 Å². The lowest BCUT2D eigenvalue weighted by Crippen LogP contribution is -2.54. The Hall–Kier alpha value is -1.58. The molecule has 1 fully saturated rings. The van der Waals surface area contributed by atoms with Crippen LogP contribution in [0.2, 0.25) is 0 Å². The molecule has 1 aromatic rings. The van der Waals surface area contributed by atoms with Gasteiger partial charge in [0.2, 0.25) is 0 Å². The number of alkyl halides is 3. The Morgan fingerprint density at radius 3 is 2.08 bits per heavy atom. The van der Waals surface area contributed by atoms with E-state index in [1.807, 2.05) is 33.0 Å². The largest absolute Gasteiger partial charge is 0.495 e. The van der Waals surface area contributed by atoms with Gasteiger partial charge in [-0.15, -0.1) is 0 Å². The zero-order chi connectivity index (χ0) is 20.1. The lowest BCUT2D eigenvalue weighted by Gasteiger charge is -2.32. The third-order valence-corrected chi connectivity index (χ3v) is 5.17. The molecule has 2 N–H and O–H groups in total. The van der Waals surface area contributed by atoms with Gasteiger partial charge >= 0.3 is 13.3 Å². The van der Waals surface area contributed by atoms with Gasteiger partial charge in [-0.1, -0.05) is 23.8 Å². The fourth-order valence-electron chi connectivity index (χ4n) is 2.69. The quantitative estimate of drug-likeness (QED) is 0.793. The first-order chi connectivity index (χ1) is 11.7. The molecule has 1 heterocycles. The van der Waals surface area contributed by atoms with Crippen LogP contribution >= 0.6 is 0 Å². The molecule has 1 aliphatic rings. The van der Waals surface area contributed by atoms with E-state index in [-0.39, 0.29) is 0 Å². The van der Waals surface area contributed by atoms with Gasteiger partial charge in [-0.3, -0.25) is 4.79 Å². The molecule has 1 amide bonds. The summed E-state index contributed by atoms with van der Waals surface area (Å²) in [5, 5.41) is 12.1. The molecule has 0 radical (unpaired) electrons. The number of hydrogen-bond acceptors (Lipinski definition) is 4. The summed E-state index contributed by atoms with van der Waals surface area (Å²) in [6, 6.07) is 3.59. The third kappa shape index (κ3) is 3.12. The summed E-state index contributed by atoms with van der Waals surface area (Å²) in [4.78, 5) is 11.9. The van der Waals surface area contributed by atoms with Gasteiger partial charge in [0.1, 0.15) is 0 Å². The first-order valence-electron chi connectivity index (χ1n) is 8.15. The van der Waals surface area contributed by atoms with Gasteiger partial charge in [-0.2, -0.15) is 13.2 Å². The number of nitrogens with one attached hydrogen (secondary N) is 1. The Bertz CT molecular complexity index is 704. The van der Waals surface area contributed by atoms with Crippen molar-refractivity contribution in [3.8, 4) is 0 Å². The highest BCUT2D eigenvalue weighted by Gasteiger charge is 2.61. The summed E-state index contributed by atoms with van der Waals surface area (Å²) >= 11 is 0. The number of amides is 1. The molecule has 0 spiro atoms. The van der Waals surface area contributed by atoms with Crippen LogP contribution in [0.15, 0.2) is 18.2 Å². The average molecular weight is 373 g/mol. The minimum atomic E-state index is -5.20. The van der Waals surface area contributed by atoms with Crippen LogP contribution in [0.5, 0.6) is 0 Å². The van der Waals surface area contributed by atoms with Gasteiger partial charge in [0.05, 0.1) is 11.2 Å². The summed E-state index contributed by atoms with van der Waals surface area (Å²) in [6.45, 7) is 8.98. The second kappa shape index (κ2) is 6.25. The van der Waals surface area contributed by atoms with Crippen molar-refractivity contribution in [2.75, 3.05) is 7.05 Å². The van der Waals surface area contributed by atoms with Crippen molar-refractivity contribution in [2.24, 2.45) is 0 Å². The number of rotatable bonds is 3. The molecule has 144 valence electrons. The molecule has 1 aliphatic heterocycles. The van der Waals surface area contributed by atoms with E-state index in [2.05, 4.69) is 0 Å². The van der Waals surface area contributed by atoms with Gasteiger partial charge < -0.3 is 19.7 Å². The van der Waals surface area contributed by atoms with Crippen molar-refractivity contribution in [3.63, 3.8) is 0 Å². The van der Waals surface area contributed by atoms with Crippen LogP contribution in [0.1, 0.15) is 38.8 Å². The smallest absolute Gasteiger partial charge is 0.399 e. The van der Waals surface area contributed by atoms with Gasteiger partial charge in [-0.05, 0) is 40.1 Å². The fourth-order valence-corrected chi connectivity index (χ4v) is 2.69. The Labute approximate surface area is 151 Å². The van der Waals surface area contributed by atoms with Crippen molar-refractivity contribution in [1.29, 1.82) is 0 Å². The molecule has 0 aromatic heterocycles. The lowest BCUT2D eigenvalue weighted by atomic mass is 9.74. The van der Waals surface area contributed by atoms with E-state index in [1.54, 1.807) is 6.92 Å². The molecule has 0 aliphatic carbocycles. The predicted molar refractivity (Wildman–Crippen MR) is 90.9 cm³/mol. The standard InChI is InChI=1S/C17H23BF3NO4/c1-10-7-8-11(16(24,13(23)22-6)17(19,20)21)9-12(10)18-25-14(2,3)15(4,5)26-18/h7-9,24H,1-6H3,(H,22,23). The second-order valence-corrected chi connectivity index (χ2v) is 7.45. The van der Waals surface area contributed by atoms with Crippen LogP contribution < -0.4 is 10.8 Å². The van der Waals surface area contributed by atoms with Crippen LogP contribution in [0.4, 0.5) is 13.2 Å². The molecular weight excluding hydrogens is 350 g/mol. The first kappa shape index (κ1) is 20.7. The normalized spacial score (nSPS) is 21.4. The zero-order valence-electron chi connectivity index (χ0n) is 15.6. The number of aryl methyl sites for hydroxylation is 1. The molecule has 0 bridgehead atoms. The second-order valence-electron chi connectivity index (χ2n) is 7.45. The highest BCUT2D eigenvalue weighted by molar-refractivity contribution is 6.62. The molecule has 1 saturated heterocycles. The molecule has 9 heteroatoms. The summed E-state index contributed by atoms with van der Waals surface area (Å²) in [7, 11) is 0.115. The van der Waals surface area contributed by atoms with Crippen molar-refractivity contribution in [1.82, 2.24) is 5.32 Å². The van der Waals surface area contributed by atoms with Crippen LogP contribution in [-0.2, 0) is 19.7 Å². The van der Waals surface area contributed by atoms with Crippen molar-refractivity contribution < 1.29 is 32.4 Å². The first-order valence-corrected chi connectivity index (χ1v) is 8.15. The van der Waals surface area contributed by atoms with E-state index in [0.717, 1.165) is 19.2 Å². The third-order valence-electron chi connectivity index (χ3n) is 5.17. The molecule has 26 heavy (non-hydrogen) atoms.